The van der Waals surface area contributed by atoms with Gasteiger partial charge in [-0.25, -0.2) is 17.1 Å². The van der Waals surface area contributed by atoms with Crippen molar-refractivity contribution in [2.75, 3.05) is 24.7 Å². The summed E-state index contributed by atoms with van der Waals surface area (Å²) in [5.41, 5.74) is 3.17. The van der Waals surface area contributed by atoms with Crippen molar-refractivity contribution in [1.29, 1.82) is 0 Å². The number of aromatic nitrogens is 3. The molecule has 1 aliphatic heterocycles. The minimum Gasteiger partial charge on any atom is -0.308 e. The number of hydrogen-bond acceptors (Lipinski definition) is 6. The van der Waals surface area contributed by atoms with E-state index < -0.39 is 15.8 Å². The fourth-order valence-electron chi connectivity index (χ4n) is 4.52. The van der Waals surface area contributed by atoms with Crippen molar-refractivity contribution in [3.05, 3.63) is 84.2 Å². The Kier molecular flexibility index (Phi) is 7.08. The number of nitrogens with zero attached hydrogens (tertiary/aromatic N) is 5. The molecule has 0 radical (unpaired) electrons. The zero-order chi connectivity index (χ0) is 27.0. The van der Waals surface area contributed by atoms with E-state index in [0.717, 1.165) is 22.0 Å². The van der Waals surface area contributed by atoms with E-state index in [9.17, 15) is 17.6 Å². The topological polar surface area (TPSA) is 88.4 Å². The van der Waals surface area contributed by atoms with Gasteiger partial charge in [-0.2, -0.15) is 0 Å². The molecule has 1 atom stereocenters. The third-order valence-electron chi connectivity index (χ3n) is 6.39. The van der Waals surface area contributed by atoms with Crippen molar-refractivity contribution in [1.82, 2.24) is 19.1 Å². The summed E-state index contributed by atoms with van der Waals surface area (Å²) in [7, 11) is -0.740. The number of fused-ring (bicyclic) bond motifs is 1. The van der Waals surface area contributed by atoms with Gasteiger partial charge in [-0.1, -0.05) is 42.1 Å². The molecule has 1 aromatic heterocycles. The van der Waals surface area contributed by atoms with Gasteiger partial charge in [-0.3, -0.25) is 9.36 Å². The van der Waals surface area contributed by atoms with Crippen LogP contribution in [0.25, 0.3) is 17.1 Å². The maximum absolute atomic E-state index is 13.7. The van der Waals surface area contributed by atoms with E-state index in [0.29, 0.717) is 22.2 Å². The maximum atomic E-state index is 13.7. The van der Waals surface area contributed by atoms with Crippen LogP contribution in [0.1, 0.15) is 12.5 Å². The lowest BCUT2D eigenvalue weighted by Crippen LogP contribution is -2.37. The molecule has 0 bridgehead atoms. The molecule has 3 aromatic carbocycles. The standard InChI is InChI=1S/C27H26FN5O3S2/c1-18-15-19-7-4-5-10-24(19)32(18)25(34)17-37-27-30-29-26(33(27)22-13-11-21(28)12-14-22)20-8-6-9-23(16-20)38(35,36)31(2)3/h4-14,16,18H,15,17H2,1-3H3. The third kappa shape index (κ3) is 4.84. The van der Waals surface area contributed by atoms with Gasteiger partial charge in [0.05, 0.1) is 10.6 Å². The summed E-state index contributed by atoms with van der Waals surface area (Å²) in [5, 5.41) is 9.11. The monoisotopic (exact) mass is 551 g/mol. The second-order valence-electron chi connectivity index (χ2n) is 9.17. The average Bonchev–Trinajstić information content (AvgIpc) is 3.48. The van der Waals surface area contributed by atoms with Crippen LogP contribution in [0.3, 0.4) is 0 Å². The fraction of sp³-hybridized carbons (Fsp3) is 0.222. The number of halogens is 1. The van der Waals surface area contributed by atoms with Crippen molar-refractivity contribution in [3.8, 4) is 17.1 Å². The third-order valence-corrected chi connectivity index (χ3v) is 9.11. The molecule has 0 saturated carbocycles. The zero-order valence-electron chi connectivity index (χ0n) is 21.1. The summed E-state index contributed by atoms with van der Waals surface area (Å²) in [6.45, 7) is 2.02. The smallest absolute Gasteiger partial charge is 0.242 e. The molecule has 0 N–H and O–H groups in total. The Morgan fingerprint density at radius 3 is 2.53 bits per heavy atom. The molecule has 5 rings (SSSR count). The lowest BCUT2D eigenvalue weighted by atomic mass is 10.1. The van der Waals surface area contributed by atoms with Crippen LogP contribution in [-0.4, -0.2) is 59.3 Å². The first-order valence-corrected chi connectivity index (χ1v) is 14.4. The molecule has 1 unspecified atom stereocenters. The van der Waals surface area contributed by atoms with Gasteiger partial charge < -0.3 is 4.90 Å². The molecule has 0 aliphatic carbocycles. The Morgan fingerprint density at radius 1 is 1.05 bits per heavy atom. The molecular formula is C27H26FN5O3S2. The lowest BCUT2D eigenvalue weighted by molar-refractivity contribution is -0.116. The molecular weight excluding hydrogens is 525 g/mol. The minimum absolute atomic E-state index is 0.0485. The number of thioether (sulfide) groups is 1. The number of benzene rings is 3. The van der Waals surface area contributed by atoms with Gasteiger partial charge in [0.2, 0.25) is 15.9 Å². The molecule has 0 fully saturated rings. The summed E-state index contributed by atoms with van der Waals surface area (Å²) in [6, 6.07) is 20.2. The van der Waals surface area contributed by atoms with Crippen molar-refractivity contribution in [2.45, 2.75) is 29.4 Å². The molecule has 2 heterocycles. The number of para-hydroxylation sites is 1. The first-order valence-electron chi connectivity index (χ1n) is 11.9. The van der Waals surface area contributed by atoms with E-state index >= 15 is 0 Å². The molecule has 38 heavy (non-hydrogen) atoms. The molecule has 1 aliphatic rings. The highest BCUT2D eigenvalue weighted by Crippen LogP contribution is 2.34. The molecule has 1 amide bonds. The fourth-order valence-corrected chi connectivity index (χ4v) is 6.28. The summed E-state index contributed by atoms with van der Waals surface area (Å²) < 4.78 is 42.0. The van der Waals surface area contributed by atoms with Crippen LogP contribution in [0.4, 0.5) is 10.1 Å². The Hall–Kier alpha value is -3.54. The van der Waals surface area contributed by atoms with Gasteiger partial charge in [-0.15, -0.1) is 10.2 Å². The van der Waals surface area contributed by atoms with Crippen LogP contribution >= 0.6 is 11.8 Å². The second kappa shape index (κ2) is 10.3. The van der Waals surface area contributed by atoms with Crippen LogP contribution in [-0.2, 0) is 21.2 Å². The van der Waals surface area contributed by atoms with Crippen LogP contribution in [0.5, 0.6) is 0 Å². The van der Waals surface area contributed by atoms with Crippen molar-refractivity contribution < 1.29 is 17.6 Å². The Bertz CT molecular complexity index is 1600. The number of anilines is 1. The maximum Gasteiger partial charge on any atom is 0.242 e. The van der Waals surface area contributed by atoms with E-state index in [2.05, 4.69) is 10.2 Å². The Labute approximate surface area is 225 Å². The summed E-state index contributed by atoms with van der Waals surface area (Å²) in [6.07, 6.45) is 0.800. The van der Waals surface area contributed by atoms with Crippen LogP contribution < -0.4 is 4.90 Å². The van der Waals surface area contributed by atoms with E-state index in [1.54, 1.807) is 28.8 Å². The first-order chi connectivity index (χ1) is 18.2. The van der Waals surface area contributed by atoms with Gasteiger partial charge in [0.15, 0.2) is 11.0 Å². The lowest BCUT2D eigenvalue weighted by Gasteiger charge is -2.22. The SMILES string of the molecule is CC1Cc2ccccc2N1C(=O)CSc1nnc(-c2cccc(S(=O)(=O)N(C)C)c2)n1-c1ccc(F)cc1. The highest BCUT2D eigenvalue weighted by molar-refractivity contribution is 7.99. The molecule has 0 saturated heterocycles. The summed E-state index contributed by atoms with van der Waals surface area (Å²) in [4.78, 5) is 15.2. The minimum atomic E-state index is -3.67. The molecule has 4 aromatic rings. The number of rotatable bonds is 7. The molecule has 8 nitrogen and oxygen atoms in total. The van der Waals surface area contributed by atoms with E-state index in [1.807, 2.05) is 36.1 Å². The first kappa shape index (κ1) is 26.1. The predicted molar refractivity (Wildman–Crippen MR) is 145 cm³/mol. The normalized spacial score (nSPS) is 15.2. The number of sulfonamides is 1. The Balaban J connectivity index is 1.50. The van der Waals surface area contributed by atoms with Gasteiger partial charge in [0, 0.05) is 37.1 Å². The van der Waals surface area contributed by atoms with Crippen LogP contribution in [0.15, 0.2) is 82.8 Å². The van der Waals surface area contributed by atoms with Gasteiger partial charge >= 0.3 is 0 Å². The molecule has 196 valence electrons. The second-order valence-corrected chi connectivity index (χ2v) is 12.3. The van der Waals surface area contributed by atoms with Crippen molar-refractivity contribution in [3.63, 3.8) is 0 Å². The number of amides is 1. The summed E-state index contributed by atoms with van der Waals surface area (Å²) >= 11 is 1.23. The zero-order valence-corrected chi connectivity index (χ0v) is 22.7. The number of hydrogen-bond donors (Lipinski definition) is 0. The predicted octanol–water partition coefficient (Wildman–Crippen LogP) is 4.39. The van der Waals surface area contributed by atoms with Gasteiger partial charge in [-0.05, 0) is 61.4 Å². The highest BCUT2D eigenvalue weighted by Gasteiger charge is 2.31. The quantitative estimate of drug-likeness (QED) is 0.317. The number of carbonyl (C=O) groups excluding carboxylic acids is 1. The highest BCUT2D eigenvalue weighted by atomic mass is 32.2. The number of carbonyl (C=O) groups is 1. The molecule has 11 heteroatoms. The molecule has 0 spiro atoms. The van der Waals surface area contributed by atoms with Gasteiger partial charge in [0.25, 0.3) is 0 Å². The van der Waals surface area contributed by atoms with E-state index in [4.69, 9.17) is 0 Å². The van der Waals surface area contributed by atoms with Crippen LogP contribution in [0, 0.1) is 5.82 Å². The summed E-state index contributed by atoms with van der Waals surface area (Å²) in [5.74, 6) is 0.0463. The van der Waals surface area contributed by atoms with Crippen LogP contribution in [0.2, 0.25) is 0 Å². The largest absolute Gasteiger partial charge is 0.308 e. The van der Waals surface area contributed by atoms with Crippen molar-refractivity contribution >= 4 is 33.4 Å². The van der Waals surface area contributed by atoms with Gasteiger partial charge in [0.1, 0.15) is 5.82 Å². The van der Waals surface area contributed by atoms with E-state index in [-0.39, 0.29) is 22.6 Å². The Morgan fingerprint density at radius 2 is 1.79 bits per heavy atom. The van der Waals surface area contributed by atoms with Crippen molar-refractivity contribution in [2.24, 2.45) is 0 Å². The average molecular weight is 552 g/mol. The van der Waals surface area contributed by atoms with E-state index in [1.165, 1.54) is 50.1 Å².